The first-order valence-electron chi connectivity index (χ1n) is 7.64. The second-order valence-electron chi connectivity index (χ2n) is 5.58. The van der Waals surface area contributed by atoms with E-state index in [9.17, 15) is 4.79 Å². The molecule has 2 heterocycles. The van der Waals surface area contributed by atoms with E-state index in [2.05, 4.69) is 20.2 Å². The van der Waals surface area contributed by atoms with Crippen LogP contribution < -0.4 is 10.2 Å². The molecule has 5 nitrogen and oxygen atoms in total. The van der Waals surface area contributed by atoms with E-state index >= 15 is 0 Å². The van der Waals surface area contributed by atoms with Gasteiger partial charge in [-0.1, -0.05) is 17.7 Å². The van der Waals surface area contributed by atoms with Crippen LogP contribution in [0.2, 0.25) is 0 Å². The predicted molar refractivity (Wildman–Crippen MR) is 85.8 cm³/mol. The van der Waals surface area contributed by atoms with Crippen molar-refractivity contribution in [1.29, 1.82) is 0 Å². The van der Waals surface area contributed by atoms with Crippen molar-refractivity contribution in [1.82, 2.24) is 15.3 Å². The molecular weight excluding hydrogens is 276 g/mol. The molecule has 0 radical (unpaired) electrons. The van der Waals surface area contributed by atoms with Gasteiger partial charge in [0.15, 0.2) is 0 Å². The molecule has 1 aromatic carbocycles. The number of carbonyl (C=O) groups is 1. The number of nitrogens with one attached hydrogen (secondary N) is 1. The summed E-state index contributed by atoms with van der Waals surface area (Å²) in [6, 6.07) is 9.46. The molecule has 0 spiro atoms. The minimum Gasteiger partial charge on any atom is -0.357 e. The Labute approximate surface area is 130 Å². The molecule has 0 bridgehead atoms. The Morgan fingerprint density at radius 3 is 2.86 bits per heavy atom. The lowest BCUT2D eigenvalue weighted by molar-refractivity contribution is 0.0950. The molecule has 22 heavy (non-hydrogen) atoms. The van der Waals surface area contributed by atoms with Crippen molar-refractivity contribution < 1.29 is 4.79 Å². The minimum atomic E-state index is -0.0983. The third-order valence-corrected chi connectivity index (χ3v) is 3.81. The maximum atomic E-state index is 12.1. The fourth-order valence-electron chi connectivity index (χ4n) is 2.64. The number of aryl methyl sites for hydroxylation is 1. The van der Waals surface area contributed by atoms with Crippen LogP contribution in [0.3, 0.4) is 0 Å². The molecule has 3 rings (SSSR count). The first kappa shape index (κ1) is 14.5. The van der Waals surface area contributed by atoms with E-state index < -0.39 is 0 Å². The van der Waals surface area contributed by atoms with Gasteiger partial charge in [0.25, 0.3) is 5.91 Å². The molecule has 0 unspecified atom stereocenters. The highest BCUT2D eigenvalue weighted by Crippen LogP contribution is 2.16. The summed E-state index contributed by atoms with van der Waals surface area (Å²) in [5.41, 5.74) is 1.73. The summed E-state index contributed by atoms with van der Waals surface area (Å²) in [4.78, 5) is 23.2. The van der Waals surface area contributed by atoms with Crippen LogP contribution in [0.5, 0.6) is 0 Å². The van der Waals surface area contributed by atoms with Gasteiger partial charge in [0.2, 0.25) is 0 Å². The Kier molecular flexibility index (Phi) is 4.32. The molecule has 1 amide bonds. The number of nitrogens with zero attached hydrogens (tertiary/aromatic N) is 3. The highest BCUT2D eigenvalue weighted by molar-refractivity contribution is 5.94. The maximum absolute atomic E-state index is 12.1. The van der Waals surface area contributed by atoms with Crippen LogP contribution >= 0.6 is 0 Å². The third-order valence-electron chi connectivity index (χ3n) is 3.81. The second kappa shape index (κ2) is 6.56. The van der Waals surface area contributed by atoms with Gasteiger partial charge in [-0.3, -0.25) is 4.79 Å². The van der Waals surface area contributed by atoms with Crippen LogP contribution in [0, 0.1) is 6.92 Å². The molecule has 1 fully saturated rings. The number of amides is 1. The zero-order valence-electron chi connectivity index (χ0n) is 12.7. The Morgan fingerprint density at radius 2 is 2.09 bits per heavy atom. The monoisotopic (exact) mass is 296 g/mol. The summed E-state index contributed by atoms with van der Waals surface area (Å²) in [5, 5.41) is 2.88. The van der Waals surface area contributed by atoms with Crippen LogP contribution in [0.15, 0.2) is 36.5 Å². The zero-order valence-corrected chi connectivity index (χ0v) is 12.7. The summed E-state index contributed by atoms with van der Waals surface area (Å²) in [6.45, 7) is 4.41. The van der Waals surface area contributed by atoms with Gasteiger partial charge >= 0.3 is 0 Å². The predicted octanol–water partition coefficient (Wildman–Crippen LogP) is 2.32. The first-order chi connectivity index (χ1) is 10.7. The topological polar surface area (TPSA) is 58.1 Å². The minimum absolute atomic E-state index is 0.0983. The molecule has 0 aliphatic carbocycles. The van der Waals surface area contributed by atoms with Crippen molar-refractivity contribution >= 4 is 11.7 Å². The molecule has 0 atom stereocenters. The van der Waals surface area contributed by atoms with E-state index in [1.165, 1.54) is 12.8 Å². The van der Waals surface area contributed by atoms with Crippen LogP contribution in [0.25, 0.3) is 0 Å². The van der Waals surface area contributed by atoms with Crippen LogP contribution in [0.4, 0.5) is 5.82 Å². The van der Waals surface area contributed by atoms with Crippen LogP contribution in [-0.4, -0.2) is 29.0 Å². The van der Waals surface area contributed by atoms with Gasteiger partial charge in [-0.25, -0.2) is 9.97 Å². The number of hydrogen-bond acceptors (Lipinski definition) is 4. The lowest BCUT2D eigenvalue weighted by Gasteiger charge is -2.16. The molecule has 1 N–H and O–H groups in total. The third kappa shape index (κ3) is 3.42. The number of benzene rings is 1. The van der Waals surface area contributed by atoms with E-state index in [0.717, 1.165) is 24.5 Å². The lowest BCUT2D eigenvalue weighted by atomic mass is 10.1. The van der Waals surface area contributed by atoms with Crippen molar-refractivity contribution in [3.63, 3.8) is 0 Å². The zero-order chi connectivity index (χ0) is 15.4. The van der Waals surface area contributed by atoms with Gasteiger partial charge in [-0.2, -0.15) is 0 Å². The van der Waals surface area contributed by atoms with Crippen molar-refractivity contribution in [2.75, 3.05) is 18.0 Å². The average molecular weight is 296 g/mol. The molecule has 5 heteroatoms. The van der Waals surface area contributed by atoms with E-state index in [-0.39, 0.29) is 5.91 Å². The summed E-state index contributed by atoms with van der Waals surface area (Å²) < 4.78 is 0. The van der Waals surface area contributed by atoms with Crippen molar-refractivity contribution in [2.45, 2.75) is 26.3 Å². The van der Waals surface area contributed by atoms with Gasteiger partial charge in [-0.05, 0) is 38.0 Å². The van der Waals surface area contributed by atoms with Crippen LogP contribution in [0.1, 0.15) is 34.6 Å². The summed E-state index contributed by atoms with van der Waals surface area (Å²) in [6.07, 6.45) is 4.18. The van der Waals surface area contributed by atoms with Crippen molar-refractivity contribution in [3.05, 3.63) is 53.5 Å². The van der Waals surface area contributed by atoms with E-state index in [1.54, 1.807) is 6.20 Å². The molecule has 1 saturated heterocycles. The Morgan fingerprint density at radius 1 is 1.27 bits per heavy atom. The van der Waals surface area contributed by atoms with E-state index in [1.807, 2.05) is 37.3 Å². The highest BCUT2D eigenvalue weighted by Gasteiger charge is 2.14. The first-order valence-corrected chi connectivity index (χ1v) is 7.64. The molecular formula is C17H20N4O. The second-order valence-corrected chi connectivity index (χ2v) is 5.58. The standard InChI is InChI=1S/C17H20N4O/c1-13-5-4-6-14(11-13)17(22)19-12-15-18-8-7-16(20-15)21-9-2-3-10-21/h4-8,11H,2-3,9-10,12H2,1H3,(H,19,22). The largest absolute Gasteiger partial charge is 0.357 e. The Bertz CT molecular complexity index is 665. The summed E-state index contributed by atoms with van der Waals surface area (Å²) >= 11 is 0. The quantitative estimate of drug-likeness (QED) is 0.940. The number of anilines is 1. The SMILES string of the molecule is Cc1cccc(C(=O)NCc2nccc(N3CCCC3)n2)c1. The summed E-state index contributed by atoms with van der Waals surface area (Å²) in [5.74, 6) is 1.50. The number of rotatable bonds is 4. The molecule has 114 valence electrons. The summed E-state index contributed by atoms with van der Waals surface area (Å²) in [7, 11) is 0. The maximum Gasteiger partial charge on any atom is 0.251 e. The Hall–Kier alpha value is -2.43. The number of carbonyl (C=O) groups excluding carboxylic acids is 1. The molecule has 1 aliphatic heterocycles. The van der Waals surface area contributed by atoms with Crippen molar-refractivity contribution in [2.24, 2.45) is 0 Å². The number of aromatic nitrogens is 2. The van der Waals surface area contributed by atoms with Gasteiger partial charge in [0.1, 0.15) is 11.6 Å². The lowest BCUT2D eigenvalue weighted by Crippen LogP contribution is -2.25. The van der Waals surface area contributed by atoms with Gasteiger partial charge < -0.3 is 10.2 Å². The van der Waals surface area contributed by atoms with Gasteiger partial charge in [0.05, 0.1) is 6.54 Å². The highest BCUT2D eigenvalue weighted by atomic mass is 16.1. The van der Waals surface area contributed by atoms with Crippen LogP contribution in [-0.2, 0) is 6.54 Å². The van der Waals surface area contributed by atoms with Crippen molar-refractivity contribution in [3.8, 4) is 0 Å². The fourth-order valence-corrected chi connectivity index (χ4v) is 2.64. The molecule has 1 aliphatic rings. The Balaban J connectivity index is 1.63. The molecule has 2 aromatic rings. The average Bonchev–Trinajstić information content (AvgIpc) is 3.07. The van der Waals surface area contributed by atoms with E-state index in [0.29, 0.717) is 17.9 Å². The van der Waals surface area contributed by atoms with E-state index in [4.69, 9.17) is 0 Å². The van der Waals surface area contributed by atoms with Gasteiger partial charge in [0, 0.05) is 24.8 Å². The molecule has 0 saturated carbocycles. The normalized spacial score (nSPS) is 14.1. The fraction of sp³-hybridized carbons (Fsp3) is 0.353. The van der Waals surface area contributed by atoms with Gasteiger partial charge in [-0.15, -0.1) is 0 Å². The smallest absolute Gasteiger partial charge is 0.251 e. The number of hydrogen-bond donors (Lipinski definition) is 1. The molecule has 1 aromatic heterocycles.